The molecule has 22 heavy (non-hydrogen) atoms. The van der Waals surface area contributed by atoms with Crippen molar-refractivity contribution in [3.63, 3.8) is 0 Å². The van der Waals surface area contributed by atoms with Crippen molar-refractivity contribution in [1.29, 1.82) is 0 Å². The number of imidazole rings is 1. The molecule has 3 N–H and O–H groups in total. The van der Waals surface area contributed by atoms with Gasteiger partial charge in [-0.2, -0.15) is 0 Å². The molecular weight excluding hydrogens is 328 g/mol. The van der Waals surface area contributed by atoms with E-state index in [9.17, 15) is 13.2 Å². The lowest BCUT2D eigenvalue weighted by Gasteiger charge is -2.14. The Hall–Kier alpha value is -1.80. The van der Waals surface area contributed by atoms with Gasteiger partial charge in [0.15, 0.2) is 9.84 Å². The second-order valence-electron chi connectivity index (χ2n) is 5.23. The molecule has 1 aliphatic heterocycles. The van der Waals surface area contributed by atoms with E-state index >= 15 is 0 Å². The van der Waals surface area contributed by atoms with Crippen LogP contribution in [0.3, 0.4) is 0 Å². The SMILES string of the molecule is O=C(NCc1nc2ccccc2[nH]1)N[C@H]1CS(=O)(=O)C[C@@H]1Cl. The van der Waals surface area contributed by atoms with E-state index in [1.54, 1.807) is 0 Å². The van der Waals surface area contributed by atoms with Crippen LogP contribution in [0.4, 0.5) is 4.79 Å². The van der Waals surface area contributed by atoms with E-state index in [1.807, 2.05) is 24.3 Å². The molecule has 0 radical (unpaired) electrons. The van der Waals surface area contributed by atoms with Crippen molar-refractivity contribution in [3.8, 4) is 0 Å². The van der Waals surface area contributed by atoms with E-state index < -0.39 is 27.3 Å². The lowest BCUT2D eigenvalue weighted by molar-refractivity contribution is 0.237. The molecule has 2 heterocycles. The molecule has 1 saturated heterocycles. The molecule has 3 rings (SSSR count). The quantitative estimate of drug-likeness (QED) is 0.716. The summed E-state index contributed by atoms with van der Waals surface area (Å²) in [6.07, 6.45) is 0. The number of amides is 2. The molecule has 7 nitrogen and oxygen atoms in total. The second kappa shape index (κ2) is 5.77. The first-order valence-corrected chi connectivity index (χ1v) is 9.01. The van der Waals surface area contributed by atoms with Crippen LogP contribution in [0, 0.1) is 0 Å². The minimum absolute atomic E-state index is 0.108. The average Bonchev–Trinajstić information content (AvgIpc) is 2.96. The van der Waals surface area contributed by atoms with Gasteiger partial charge in [-0.05, 0) is 12.1 Å². The van der Waals surface area contributed by atoms with Crippen LogP contribution in [-0.4, -0.2) is 47.3 Å². The largest absolute Gasteiger partial charge is 0.340 e. The van der Waals surface area contributed by atoms with Crippen molar-refractivity contribution in [1.82, 2.24) is 20.6 Å². The Morgan fingerprint density at radius 3 is 2.82 bits per heavy atom. The molecule has 118 valence electrons. The number of aromatic amines is 1. The van der Waals surface area contributed by atoms with Crippen molar-refractivity contribution in [2.75, 3.05) is 11.5 Å². The van der Waals surface area contributed by atoms with E-state index in [-0.39, 0.29) is 18.1 Å². The molecule has 1 aromatic heterocycles. The number of para-hydroxylation sites is 2. The number of carbonyl (C=O) groups excluding carboxylic acids is 1. The molecule has 2 atom stereocenters. The second-order valence-corrected chi connectivity index (χ2v) is 7.94. The standard InChI is InChI=1S/C13H15ClN4O3S/c14-8-6-22(20,21)7-11(8)18-13(19)15-5-12-16-9-3-1-2-4-10(9)17-12/h1-4,8,11H,5-7H2,(H,16,17)(H2,15,18,19)/t8-,11-/m0/s1. The van der Waals surface area contributed by atoms with Crippen LogP contribution in [0.1, 0.15) is 5.82 Å². The fourth-order valence-electron chi connectivity index (χ4n) is 2.41. The molecule has 1 fully saturated rings. The van der Waals surface area contributed by atoms with Gasteiger partial charge in [-0.1, -0.05) is 12.1 Å². The molecule has 2 aromatic rings. The highest BCUT2D eigenvalue weighted by molar-refractivity contribution is 7.91. The Morgan fingerprint density at radius 2 is 2.14 bits per heavy atom. The van der Waals surface area contributed by atoms with Crippen LogP contribution >= 0.6 is 11.6 Å². The number of halogens is 1. The van der Waals surface area contributed by atoms with Crippen LogP contribution in [0.5, 0.6) is 0 Å². The third kappa shape index (κ3) is 3.33. The number of rotatable bonds is 3. The van der Waals surface area contributed by atoms with Crippen molar-refractivity contribution in [2.24, 2.45) is 0 Å². The minimum atomic E-state index is -3.17. The van der Waals surface area contributed by atoms with E-state index in [0.717, 1.165) is 11.0 Å². The zero-order chi connectivity index (χ0) is 15.7. The molecular formula is C13H15ClN4O3S. The van der Waals surface area contributed by atoms with E-state index in [1.165, 1.54) is 0 Å². The van der Waals surface area contributed by atoms with Crippen LogP contribution in [0.2, 0.25) is 0 Å². The fraction of sp³-hybridized carbons (Fsp3) is 0.385. The van der Waals surface area contributed by atoms with Crippen LogP contribution in [0.25, 0.3) is 11.0 Å². The Labute approximate surface area is 132 Å². The van der Waals surface area contributed by atoms with Crippen molar-refractivity contribution in [3.05, 3.63) is 30.1 Å². The van der Waals surface area contributed by atoms with Gasteiger partial charge in [-0.25, -0.2) is 18.2 Å². The summed E-state index contributed by atoms with van der Waals surface area (Å²) < 4.78 is 22.9. The Bertz CT molecular complexity index is 771. The molecule has 9 heteroatoms. The Kier molecular flexibility index (Phi) is 3.96. The van der Waals surface area contributed by atoms with Gasteiger partial charge in [-0.3, -0.25) is 0 Å². The number of sulfone groups is 1. The molecule has 1 aromatic carbocycles. The lowest BCUT2D eigenvalue weighted by atomic mass is 10.2. The molecule has 0 bridgehead atoms. The number of aromatic nitrogens is 2. The first kappa shape index (κ1) is 15.1. The molecule has 1 aliphatic rings. The summed E-state index contributed by atoms with van der Waals surface area (Å²) in [6.45, 7) is 0.215. The topological polar surface area (TPSA) is 104 Å². The third-order valence-corrected chi connectivity index (χ3v) is 5.83. The van der Waals surface area contributed by atoms with E-state index in [0.29, 0.717) is 5.82 Å². The van der Waals surface area contributed by atoms with E-state index in [4.69, 9.17) is 11.6 Å². The zero-order valence-corrected chi connectivity index (χ0v) is 13.1. The van der Waals surface area contributed by atoms with Gasteiger partial charge >= 0.3 is 6.03 Å². The summed E-state index contributed by atoms with van der Waals surface area (Å²) in [5, 5.41) is 4.63. The molecule has 0 spiro atoms. The average molecular weight is 343 g/mol. The normalized spacial score (nSPS) is 23.5. The first-order valence-electron chi connectivity index (χ1n) is 6.75. The predicted molar refractivity (Wildman–Crippen MR) is 83.5 cm³/mol. The maximum Gasteiger partial charge on any atom is 0.315 e. The predicted octanol–water partition coefficient (Wildman–Crippen LogP) is 0.767. The summed E-state index contributed by atoms with van der Waals surface area (Å²) in [6, 6.07) is 6.51. The van der Waals surface area contributed by atoms with E-state index in [2.05, 4.69) is 20.6 Å². The summed E-state index contributed by atoms with van der Waals surface area (Å²) >= 11 is 5.94. The summed E-state index contributed by atoms with van der Waals surface area (Å²) in [7, 11) is -3.17. The lowest BCUT2D eigenvalue weighted by Crippen LogP contribution is -2.45. The number of nitrogens with zero attached hydrogens (tertiary/aromatic N) is 1. The van der Waals surface area contributed by atoms with Gasteiger partial charge in [0, 0.05) is 0 Å². The monoisotopic (exact) mass is 342 g/mol. The highest BCUT2D eigenvalue weighted by Crippen LogP contribution is 2.17. The van der Waals surface area contributed by atoms with Crippen molar-refractivity contribution in [2.45, 2.75) is 18.0 Å². The summed E-state index contributed by atoms with van der Waals surface area (Å²) in [5.41, 5.74) is 1.71. The number of urea groups is 1. The number of alkyl halides is 1. The number of carbonyl (C=O) groups is 1. The van der Waals surface area contributed by atoms with Crippen molar-refractivity contribution >= 4 is 38.5 Å². The molecule has 2 amide bonds. The van der Waals surface area contributed by atoms with Gasteiger partial charge in [-0.15, -0.1) is 11.6 Å². The van der Waals surface area contributed by atoms with Crippen molar-refractivity contribution < 1.29 is 13.2 Å². The van der Waals surface area contributed by atoms with Crippen LogP contribution in [0.15, 0.2) is 24.3 Å². The van der Waals surface area contributed by atoms with Crippen LogP contribution < -0.4 is 10.6 Å². The smallest absolute Gasteiger partial charge is 0.315 e. The number of nitrogens with one attached hydrogen (secondary N) is 3. The first-order chi connectivity index (χ1) is 10.4. The van der Waals surface area contributed by atoms with Gasteiger partial charge in [0.1, 0.15) is 5.82 Å². The summed E-state index contributed by atoms with van der Waals surface area (Å²) in [4.78, 5) is 19.3. The highest BCUT2D eigenvalue weighted by Gasteiger charge is 2.37. The maximum absolute atomic E-state index is 11.8. The van der Waals surface area contributed by atoms with Gasteiger partial charge in [0.25, 0.3) is 0 Å². The number of hydrogen-bond donors (Lipinski definition) is 3. The minimum Gasteiger partial charge on any atom is -0.340 e. The highest BCUT2D eigenvalue weighted by atomic mass is 35.5. The zero-order valence-electron chi connectivity index (χ0n) is 11.5. The van der Waals surface area contributed by atoms with Crippen LogP contribution in [-0.2, 0) is 16.4 Å². The third-order valence-electron chi connectivity index (χ3n) is 3.45. The number of hydrogen-bond acceptors (Lipinski definition) is 4. The fourth-order valence-corrected chi connectivity index (χ4v) is 4.96. The summed E-state index contributed by atoms with van der Waals surface area (Å²) in [5.74, 6) is 0.389. The molecule has 0 unspecified atom stereocenters. The molecule has 0 saturated carbocycles. The van der Waals surface area contributed by atoms with Gasteiger partial charge in [0.05, 0.1) is 40.5 Å². The molecule has 0 aliphatic carbocycles. The number of H-pyrrole nitrogens is 1. The number of benzene rings is 1. The Balaban J connectivity index is 1.56. The maximum atomic E-state index is 11.8. The number of fused-ring (bicyclic) bond motifs is 1. The van der Waals surface area contributed by atoms with Gasteiger partial charge in [0.2, 0.25) is 0 Å². The van der Waals surface area contributed by atoms with Gasteiger partial charge < -0.3 is 15.6 Å². The Morgan fingerprint density at radius 1 is 1.36 bits per heavy atom.